The number of hydrogen-bond donors (Lipinski definition) is 0. The molecule has 0 spiro atoms. The summed E-state index contributed by atoms with van der Waals surface area (Å²) in [7, 11) is 2.91. The fourth-order valence-electron chi connectivity index (χ4n) is 2.88. The highest BCUT2D eigenvalue weighted by molar-refractivity contribution is 6.10. The van der Waals surface area contributed by atoms with Gasteiger partial charge in [0.15, 0.2) is 11.2 Å². The Morgan fingerprint density at radius 1 is 1.25 bits per heavy atom. The number of methoxy groups -OCH3 is 2. The van der Waals surface area contributed by atoms with Crippen molar-refractivity contribution in [2.45, 2.75) is 31.6 Å². The third-order valence-corrected chi connectivity index (χ3v) is 4.14. The molecule has 1 saturated carbocycles. The fraction of sp³-hybridized carbons (Fsp3) is 0.500. The van der Waals surface area contributed by atoms with E-state index >= 15 is 0 Å². The number of carbonyl (C=O) groups excluding carboxylic acids is 2. The van der Waals surface area contributed by atoms with Crippen LogP contribution < -0.4 is 4.74 Å². The third kappa shape index (κ3) is 2.30. The van der Waals surface area contributed by atoms with Crippen molar-refractivity contribution in [1.82, 2.24) is 0 Å². The maximum absolute atomic E-state index is 12.5. The Morgan fingerprint density at radius 3 is 2.40 bits per heavy atom. The first-order valence-corrected chi connectivity index (χ1v) is 6.81. The molecule has 0 aromatic heterocycles. The van der Waals surface area contributed by atoms with Crippen molar-refractivity contribution >= 4 is 11.8 Å². The SMILES string of the molecule is COC(=O)C1(c2ccc(OC)cc2)CCC(C)CC1=O. The van der Waals surface area contributed by atoms with E-state index in [0.29, 0.717) is 30.1 Å². The molecule has 0 radical (unpaired) electrons. The maximum Gasteiger partial charge on any atom is 0.323 e. The number of ether oxygens (including phenoxy) is 2. The van der Waals surface area contributed by atoms with E-state index in [-0.39, 0.29) is 5.78 Å². The van der Waals surface area contributed by atoms with Gasteiger partial charge in [0.25, 0.3) is 0 Å². The van der Waals surface area contributed by atoms with Crippen LogP contribution in [-0.2, 0) is 19.7 Å². The van der Waals surface area contributed by atoms with Gasteiger partial charge in [-0.25, -0.2) is 0 Å². The van der Waals surface area contributed by atoms with Crippen molar-refractivity contribution in [3.05, 3.63) is 29.8 Å². The molecule has 0 bridgehead atoms. The monoisotopic (exact) mass is 276 g/mol. The molecule has 1 aromatic rings. The van der Waals surface area contributed by atoms with Crippen LogP contribution in [0.5, 0.6) is 5.75 Å². The molecule has 20 heavy (non-hydrogen) atoms. The van der Waals surface area contributed by atoms with Crippen LogP contribution in [0.1, 0.15) is 31.7 Å². The lowest BCUT2D eigenvalue weighted by molar-refractivity contribution is -0.154. The van der Waals surface area contributed by atoms with Crippen LogP contribution in [0.25, 0.3) is 0 Å². The lowest BCUT2D eigenvalue weighted by Crippen LogP contribution is -2.48. The average molecular weight is 276 g/mol. The van der Waals surface area contributed by atoms with Crippen molar-refractivity contribution in [2.24, 2.45) is 5.92 Å². The van der Waals surface area contributed by atoms with Gasteiger partial charge in [-0.2, -0.15) is 0 Å². The largest absolute Gasteiger partial charge is 0.497 e. The lowest BCUT2D eigenvalue weighted by Gasteiger charge is -2.35. The van der Waals surface area contributed by atoms with E-state index in [1.165, 1.54) is 7.11 Å². The molecule has 0 N–H and O–H groups in total. The van der Waals surface area contributed by atoms with Gasteiger partial charge >= 0.3 is 5.97 Å². The van der Waals surface area contributed by atoms with Crippen LogP contribution >= 0.6 is 0 Å². The molecule has 108 valence electrons. The van der Waals surface area contributed by atoms with E-state index in [4.69, 9.17) is 9.47 Å². The Bertz CT molecular complexity index is 506. The molecule has 2 unspecified atom stereocenters. The summed E-state index contributed by atoms with van der Waals surface area (Å²) in [6.07, 6.45) is 1.76. The quantitative estimate of drug-likeness (QED) is 0.628. The van der Waals surface area contributed by atoms with Crippen molar-refractivity contribution in [2.75, 3.05) is 14.2 Å². The van der Waals surface area contributed by atoms with Crippen molar-refractivity contribution in [1.29, 1.82) is 0 Å². The molecule has 2 atom stereocenters. The van der Waals surface area contributed by atoms with Gasteiger partial charge in [-0.1, -0.05) is 19.1 Å². The topological polar surface area (TPSA) is 52.6 Å². The number of benzene rings is 1. The number of esters is 1. The first kappa shape index (κ1) is 14.6. The second-order valence-electron chi connectivity index (χ2n) is 5.40. The van der Waals surface area contributed by atoms with E-state index in [0.717, 1.165) is 6.42 Å². The van der Waals surface area contributed by atoms with Gasteiger partial charge in [-0.15, -0.1) is 0 Å². The Hall–Kier alpha value is -1.84. The highest BCUT2D eigenvalue weighted by Gasteiger charge is 2.50. The zero-order chi connectivity index (χ0) is 14.8. The Labute approximate surface area is 119 Å². The highest BCUT2D eigenvalue weighted by Crippen LogP contribution is 2.40. The van der Waals surface area contributed by atoms with Gasteiger partial charge in [-0.05, 0) is 36.5 Å². The first-order chi connectivity index (χ1) is 9.54. The van der Waals surface area contributed by atoms with Gasteiger partial charge in [0.05, 0.1) is 14.2 Å². The molecule has 1 aliphatic carbocycles. The van der Waals surface area contributed by atoms with Crippen LogP contribution in [0.15, 0.2) is 24.3 Å². The van der Waals surface area contributed by atoms with Crippen LogP contribution in [-0.4, -0.2) is 26.0 Å². The molecule has 2 rings (SSSR count). The zero-order valence-electron chi connectivity index (χ0n) is 12.1. The molecule has 4 heteroatoms. The van der Waals surface area contributed by atoms with Gasteiger partial charge in [-0.3, -0.25) is 9.59 Å². The normalized spacial score (nSPS) is 26.1. The number of carbonyl (C=O) groups is 2. The van der Waals surface area contributed by atoms with Crippen LogP contribution in [0.3, 0.4) is 0 Å². The second kappa shape index (κ2) is 5.65. The van der Waals surface area contributed by atoms with Gasteiger partial charge in [0, 0.05) is 6.42 Å². The van der Waals surface area contributed by atoms with Crippen molar-refractivity contribution in [3.63, 3.8) is 0 Å². The summed E-state index contributed by atoms with van der Waals surface area (Å²) in [5, 5.41) is 0. The first-order valence-electron chi connectivity index (χ1n) is 6.81. The summed E-state index contributed by atoms with van der Waals surface area (Å²) in [4.78, 5) is 24.8. The molecule has 0 heterocycles. The predicted molar refractivity (Wildman–Crippen MR) is 74.7 cm³/mol. The maximum atomic E-state index is 12.5. The van der Waals surface area contributed by atoms with E-state index in [1.54, 1.807) is 31.4 Å². The second-order valence-corrected chi connectivity index (χ2v) is 5.40. The van der Waals surface area contributed by atoms with Crippen LogP contribution in [0.2, 0.25) is 0 Å². The molecular formula is C16H20O4. The number of hydrogen-bond acceptors (Lipinski definition) is 4. The number of rotatable bonds is 3. The third-order valence-electron chi connectivity index (χ3n) is 4.14. The highest BCUT2D eigenvalue weighted by atomic mass is 16.5. The molecular weight excluding hydrogens is 256 g/mol. The van der Waals surface area contributed by atoms with E-state index in [9.17, 15) is 9.59 Å². The minimum atomic E-state index is -1.15. The zero-order valence-corrected chi connectivity index (χ0v) is 12.1. The smallest absolute Gasteiger partial charge is 0.323 e. The summed E-state index contributed by atoms with van der Waals surface area (Å²) < 4.78 is 10.0. The average Bonchev–Trinajstić information content (AvgIpc) is 2.47. The van der Waals surface area contributed by atoms with Gasteiger partial charge < -0.3 is 9.47 Å². The molecule has 0 aliphatic heterocycles. The van der Waals surface area contributed by atoms with E-state index < -0.39 is 11.4 Å². The van der Waals surface area contributed by atoms with Crippen LogP contribution in [0.4, 0.5) is 0 Å². The van der Waals surface area contributed by atoms with Crippen LogP contribution in [0, 0.1) is 5.92 Å². The van der Waals surface area contributed by atoms with Gasteiger partial charge in [0.1, 0.15) is 5.75 Å². The summed E-state index contributed by atoms with van der Waals surface area (Å²) in [5.74, 6) is 0.511. The Morgan fingerprint density at radius 2 is 1.90 bits per heavy atom. The molecule has 1 aromatic carbocycles. The lowest BCUT2D eigenvalue weighted by atomic mass is 9.66. The summed E-state index contributed by atoms with van der Waals surface area (Å²) >= 11 is 0. The minimum Gasteiger partial charge on any atom is -0.497 e. The molecule has 1 fully saturated rings. The standard InChI is InChI=1S/C16H20O4/c1-11-8-9-16(14(17)10-11,15(18)20-3)12-4-6-13(19-2)7-5-12/h4-7,11H,8-10H2,1-3H3. The molecule has 4 nitrogen and oxygen atoms in total. The number of Topliss-reactive ketones (excluding diaryl/α,β-unsaturated/α-hetero) is 1. The van der Waals surface area contributed by atoms with E-state index in [1.807, 2.05) is 6.92 Å². The van der Waals surface area contributed by atoms with Crippen molar-refractivity contribution < 1.29 is 19.1 Å². The van der Waals surface area contributed by atoms with Crippen molar-refractivity contribution in [3.8, 4) is 5.75 Å². The summed E-state index contributed by atoms with van der Waals surface area (Å²) in [6.45, 7) is 2.03. The molecule has 0 saturated heterocycles. The number of ketones is 1. The van der Waals surface area contributed by atoms with E-state index in [2.05, 4.69) is 0 Å². The predicted octanol–water partition coefficient (Wildman–Crippen LogP) is 2.50. The molecule has 1 aliphatic rings. The Balaban J connectivity index is 2.46. The summed E-state index contributed by atoms with van der Waals surface area (Å²) in [6, 6.07) is 7.10. The fourth-order valence-corrected chi connectivity index (χ4v) is 2.88. The summed E-state index contributed by atoms with van der Waals surface area (Å²) in [5.41, 5.74) is -0.449. The Kier molecular flexibility index (Phi) is 4.12. The van der Waals surface area contributed by atoms with Gasteiger partial charge in [0.2, 0.25) is 0 Å². The minimum absolute atomic E-state index is 0.0479. The molecule has 0 amide bonds.